The molecule has 7 nitrogen and oxygen atoms in total. The summed E-state index contributed by atoms with van der Waals surface area (Å²) in [5, 5.41) is 3.78. The van der Waals surface area contributed by atoms with Crippen LogP contribution in [0.2, 0.25) is 0 Å². The molecule has 0 aliphatic heterocycles. The maximum absolute atomic E-state index is 13.3. The highest BCUT2D eigenvalue weighted by Gasteiger charge is 2.35. The molecule has 1 aromatic heterocycles. The van der Waals surface area contributed by atoms with Crippen molar-refractivity contribution in [2.24, 2.45) is 0 Å². The Hall–Kier alpha value is -2.99. The number of aromatic nitrogens is 2. The lowest BCUT2D eigenvalue weighted by atomic mass is 10.1. The van der Waals surface area contributed by atoms with E-state index in [9.17, 15) is 26.0 Å². The lowest BCUT2D eigenvalue weighted by Gasteiger charge is -2.13. The molecule has 1 N–H and O–H groups in total. The van der Waals surface area contributed by atoms with E-state index in [1.165, 1.54) is 6.07 Å². The summed E-state index contributed by atoms with van der Waals surface area (Å²) >= 11 is 0. The first-order valence-corrected chi connectivity index (χ1v) is 10.7. The zero-order chi connectivity index (χ0) is 22.6. The summed E-state index contributed by atoms with van der Waals surface area (Å²) in [6.07, 6.45) is -3.67. The van der Waals surface area contributed by atoms with Gasteiger partial charge >= 0.3 is 6.18 Å². The van der Waals surface area contributed by atoms with E-state index in [0.717, 1.165) is 18.4 Å². The highest BCUT2D eigenvalue weighted by Crippen LogP contribution is 2.38. The number of hydrogen-bond acceptors (Lipinski definition) is 6. The van der Waals surface area contributed by atoms with E-state index in [-0.39, 0.29) is 23.8 Å². The molecule has 2 aromatic carbocycles. The number of ether oxygens (including phenoxy) is 1. The van der Waals surface area contributed by atoms with E-state index in [2.05, 4.69) is 14.9 Å². The molecule has 0 radical (unpaired) electrons. The van der Waals surface area contributed by atoms with Crippen LogP contribution < -0.4 is 9.46 Å². The van der Waals surface area contributed by atoms with Gasteiger partial charge in [-0.05, 0) is 23.8 Å². The van der Waals surface area contributed by atoms with Gasteiger partial charge in [-0.15, -0.1) is 0 Å². The Bertz CT molecular complexity index is 1150. The maximum atomic E-state index is 13.3. The van der Waals surface area contributed by atoms with Gasteiger partial charge in [0.15, 0.2) is 0 Å². The summed E-state index contributed by atoms with van der Waals surface area (Å²) in [5.41, 5.74) is 0.155. The highest BCUT2D eigenvalue weighted by atomic mass is 32.2. The lowest BCUT2D eigenvalue weighted by molar-refractivity contribution is -0.138. The van der Waals surface area contributed by atoms with Crippen molar-refractivity contribution in [1.82, 2.24) is 14.9 Å². The highest BCUT2D eigenvalue weighted by molar-refractivity contribution is 7.88. The van der Waals surface area contributed by atoms with Crippen LogP contribution in [0.3, 0.4) is 0 Å². The Morgan fingerprint density at radius 1 is 1.10 bits per heavy atom. The largest absolute Gasteiger partial charge is 0.490 e. The molecule has 1 heterocycles. The van der Waals surface area contributed by atoms with Gasteiger partial charge in [-0.3, -0.25) is 0 Å². The Kier molecular flexibility index (Phi) is 6.60. The number of nitrogens with zero attached hydrogens (tertiary/aromatic N) is 2. The first-order valence-electron chi connectivity index (χ1n) is 8.85. The molecule has 166 valence electrons. The Labute approximate surface area is 175 Å². The first-order chi connectivity index (χ1) is 14.6. The van der Waals surface area contributed by atoms with Crippen molar-refractivity contribution in [3.63, 3.8) is 0 Å². The molecule has 3 aromatic rings. The summed E-state index contributed by atoms with van der Waals surface area (Å²) in [6.45, 7) is -1.31. The van der Waals surface area contributed by atoms with Gasteiger partial charge in [-0.2, -0.15) is 18.2 Å². The van der Waals surface area contributed by atoms with E-state index >= 15 is 0 Å². The first kappa shape index (κ1) is 22.7. The van der Waals surface area contributed by atoms with Crippen LogP contribution in [0, 0.1) is 0 Å². The number of alkyl halides is 4. The smallest absolute Gasteiger partial charge is 0.419 e. The fraction of sp³-hybridized carbons (Fsp3) is 0.263. The fourth-order valence-electron chi connectivity index (χ4n) is 2.60. The second-order valence-corrected chi connectivity index (χ2v) is 8.29. The van der Waals surface area contributed by atoms with Crippen LogP contribution in [0.1, 0.15) is 11.1 Å². The van der Waals surface area contributed by atoms with Crippen molar-refractivity contribution in [3.05, 3.63) is 53.6 Å². The number of sulfonamides is 1. The molecule has 0 fully saturated rings. The lowest BCUT2D eigenvalue weighted by Crippen LogP contribution is -2.21. The fourth-order valence-corrected chi connectivity index (χ4v) is 3.03. The third kappa shape index (κ3) is 6.01. The Balaban J connectivity index is 1.83. The second kappa shape index (κ2) is 9.02. The van der Waals surface area contributed by atoms with E-state index in [0.29, 0.717) is 11.1 Å². The third-order valence-corrected chi connectivity index (χ3v) is 4.71. The van der Waals surface area contributed by atoms with Crippen LogP contribution >= 0.6 is 0 Å². The van der Waals surface area contributed by atoms with Crippen LogP contribution in [0.4, 0.5) is 17.6 Å². The molecule has 0 aliphatic carbocycles. The molecule has 31 heavy (non-hydrogen) atoms. The van der Waals surface area contributed by atoms with Gasteiger partial charge in [0.05, 0.1) is 11.8 Å². The minimum absolute atomic E-state index is 0.0210. The van der Waals surface area contributed by atoms with Crippen LogP contribution in [0.5, 0.6) is 5.75 Å². The average molecular weight is 459 g/mol. The van der Waals surface area contributed by atoms with Crippen molar-refractivity contribution in [2.45, 2.75) is 12.7 Å². The Morgan fingerprint density at radius 2 is 1.77 bits per heavy atom. The maximum Gasteiger partial charge on any atom is 0.419 e. The van der Waals surface area contributed by atoms with E-state index in [4.69, 9.17) is 9.26 Å². The van der Waals surface area contributed by atoms with Crippen molar-refractivity contribution in [1.29, 1.82) is 0 Å². The quantitative estimate of drug-likeness (QED) is 0.515. The van der Waals surface area contributed by atoms with Gasteiger partial charge in [-0.25, -0.2) is 17.5 Å². The van der Waals surface area contributed by atoms with Gasteiger partial charge in [0.1, 0.15) is 19.0 Å². The summed E-state index contributed by atoms with van der Waals surface area (Å²) in [7, 11) is -3.33. The molecule has 0 unspecified atom stereocenters. The second-order valence-electron chi connectivity index (χ2n) is 6.46. The van der Waals surface area contributed by atoms with Gasteiger partial charge in [-0.1, -0.05) is 29.4 Å². The predicted octanol–water partition coefficient (Wildman–Crippen LogP) is 3.82. The van der Waals surface area contributed by atoms with Crippen molar-refractivity contribution in [2.75, 3.05) is 19.5 Å². The molecule has 0 saturated heterocycles. The van der Waals surface area contributed by atoms with Crippen molar-refractivity contribution in [3.8, 4) is 28.6 Å². The molecule has 0 spiro atoms. The Morgan fingerprint density at radius 3 is 2.39 bits per heavy atom. The summed E-state index contributed by atoms with van der Waals surface area (Å²) < 4.78 is 86.8. The van der Waals surface area contributed by atoms with E-state index in [1.54, 1.807) is 24.3 Å². The van der Waals surface area contributed by atoms with Gasteiger partial charge in [0, 0.05) is 17.7 Å². The van der Waals surface area contributed by atoms with Crippen LogP contribution in [-0.2, 0) is 22.7 Å². The van der Waals surface area contributed by atoms with Gasteiger partial charge in [0.25, 0.3) is 5.89 Å². The molecule has 12 heteroatoms. The molecule has 0 atom stereocenters. The number of rotatable bonds is 8. The van der Waals surface area contributed by atoms with Gasteiger partial charge < -0.3 is 9.26 Å². The third-order valence-electron chi connectivity index (χ3n) is 4.04. The zero-order valence-electron chi connectivity index (χ0n) is 16.1. The van der Waals surface area contributed by atoms with Crippen LogP contribution in [-0.4, -0.2) is 38.1 Å². The topological polar surface area (TPSA) is 94.3 Å². The summed E-state index contributed by atoms with van der Waals surface area (Å²) in [4.78, 5) is 4.12. The number of hydrogen-bond donors (Lipinski definition) is 1. The monoisotopic (exact) mass is 459 g/mol. The van der Waals surface area contributed by atoms with E-state index < -0.39 is 40.8 Å². The van der Waals surface area contributed by atoms with Crippen molar-refractivity contribution < 1.29 is 35.2 Å². The predicted molar refractivity (Wildman–Crippen MR) is 103 cm³/mol. The zero-order valence-corrected chi connectivity index (χ0v) is 16.9. The van der Waals surface area contributed by atoms with E-state index in [1.807, 2.05) is 0 Å². The molecule has 3 rings (SSSR count). The number of halogens is 4. The SMILES string of the molecule is CS(=O)(=O)NCc1ccc(-c2noc(-c3ccc(OCCF)c(C(F)(F)F)c3)n2)cc1. The molecule has 0 saturated carbocycles. The normalized spacial score (nSPS) is 12.2. The minimum Gasteiger partial charge on any atom is -0.490 e. The van der Waals surface area contributed by atoms with Gasteiger partial charge in [0.2, 0.25) is 15.8 Å². The molecule has 0 aliphatic rings. The standard InChI is InChI=1S/C19H17F4N3O4S/c1-31(27,28)24-11-12-2-4-13(5-3-12)17-25-18(30-26-17)14-6-7-16(29-9-8-20)15(10-14)19(21,22)23/h2-7,10,24H,8-9,11H2,1H3. The number of nitrogens with one attached hydrogen (secondary N) is 1. The molecule has 0 amide bonds. The average Bonchev–Trinajstić information content (AvgIpc) is 3.20. The molecular formula is C19H17F4N3O4S. The minimum atomic E-state index is -4.72. The molecular weight excluding hydrogens is 442 g/mol. The van der Waals surface area contributed by atoms with Crippen molar-refractivity contribution >= 4 is 10.0 Å². The van der Waals surface area contributed by atoms with Crippen LogP contribution in [0.25, 0.3) is 22.8 Å². The van der Waals surface area contributed by atoms with Crippen LogP contribution in [0.15, 0.2) is 47.0 Å². The molecule has 0 bridgehead atoms. The number of benzene rings is 2. The summed E-state index contributed by atoms with van der Waals surface area (Å²) in [6, 6.07) is 9.74. The summed E-state index contributed by atoms with van der Waals surface area (Å²) in [5.74, 6) is -0.490.